The molecule has 1 heterocycles. The Bertz CT molecular complexity index is 364. The molecule has 2 rings (SSSR count). The standard InChI is InChI=1S/C14H19N/c1-11-10-15(3)12(2)9-14(11)13-7-5-4-6-8-13/h4-8,12H,9-10H2,1-3H3/t12-/m0/s1. The van der Waals surface area contributed by atoms with E-state index in [1.54, 1.807) is 5.57 Å². The van der Waals surface area contributed by atoms with Crippen LogP contribution in [0.25, 0.3) is 5.57 Å². The summed E-state index contributed by atoms with van der Waals surface area (Å²) in [6.45, 7) is 5.66. The molecule has 0 spiro atoms. The zero-order valence-electron chi connectivity index (χ0n) is 9.83. The van der Waals surface area contributed by atoms with E-state index in [0.717, 1.165) is 6.54 Å². The molecule has 0 aromatic heterocycles. The smallest absolute Gasteiger partial charge is 0.0196 e. The molecule has 0 unspecified atom stereocenters. The molecule has 0 saturated carbocycles. The molecule has 0 radical (unpaired) electrons. The fourth-order valence-corrected chi connectivity index (χ4v) is 2.25. The van der Waals surface area contributed by atoms with Crippen LogP contribution >= 0.6 is 0 Å². The summed E-state index contributed by atoms with van der Waals surface area (Å²) in [4.78, 5) is 2.42. The summed E-state index contributed by atoms with van der Waals surface area (Å²) >= 11 is 0. The molecule has 15 heavy (non-hydrogen) atoms. The van der Waals surface area contributed by atoms with E-state index in [0.29, 0.717) is 6.04 Å². The second-order valence-electron chi connectivity index (χ2n) is 4.59. The number of rotatable bonds is 1. The van der Waals surface area contributed by atoms with Crippen LogP contribution in [0.2, 0.25) is 0 Å². The van der Waals surface area contributed by atoms with Crippen LogP contribution in [0.3, 0.4) is 0 Å². The lowest BCUT2D eigenvalue weighted by Crippen LogP contribution is -2.34. The van der Waals surface area contributed by atoms with Crippen molar-refractivity contribution in [3.63, 3.8) is 0 Å². The van der Waals surface area contributed by atoms with Gasteiger partial charge in [-0.3, -0.25) is 4.90 Å². The molecule has 1 aliphatic rings. The minimum atomic E-state index is 0.656. The van der Waals surface area contributed by atoms with E-state index in [2.05, 4.69) is 56.1 Å². The van der Waals surface area contributed by atoms with Crippen molar-refractivity contribution < 1.29 is 0 Å². The van der Waals surface area contributed by atoms with Gasteiger partial charge in [0, 0.05) is 12.6 Å². The Morgan fingerprint density at radius 3 is 2.53 bits per heavy atom. The van der Waals surface area contributed by atoms with Crippen molar-refractivity contribution in [1.82, 2.24) is 4.90 Å². The zero-order chi connectivity index (χ0) is 10.8. The maximum absolute atomic E-state index is 2.42. The fraction of sp³-hybridized carbons (Fsp3) is 0.429. The first-order valence-corrected chi connectivity index (χ1v) is 5.63. The minimum absolute atomic E-state index is 0.656. The predicted octanol–water partition coefficient (Wildman–Crippen LogP) is 3.18. The molecule has 1 nitrogen and oxygen atoms in total. The first-order chi connectivity index (χ1) is 7.18. The molecular formula is C14H19N. The highest BCUT2D eigenvalue weighted by molar-refractivity contribution is 5.69. The van der Waals surface area contributed by atoms with Gasteiger partial charge in [-0.1, -0.05) is 35.9 Å². The Kier molecular flexibility index (Phi) is 2.92. The first-order valence-electron chi connectivity index (χ1n) is 5.63. The topological polar surface area (TPSA) is 3.24 Å². The monoisotopic (exact) mass is 201 g/mol. The van der Waals surface area contributed by atoms with Crippen molar-refractivity contribution in [2.45, 2.75) is 26.3 Å². The fourth-order valence-electron chi connectivity index (χ4n) is 2.25. The molecule has 1 atom stereocenters. The molecule has 1 aromatic carbocycles. The van der Waals surface area contributed by atoms with Crippen molar-refractivity contribution >= 4 is 5.57 Å². The van der Waals surface area contributed by atoms with Crippen molar-refractivity contribution in [3.05, 3.63) is 41.5 Å². The molecule has 1 aromatic rings. The lowest BCUT2D eigenvalue weighted by molar-refractivity contribution is 0.271. The van der Waals surface area contributed by atoms with Crippen LogP contribution in [-0.4, -0.2) is 24.5 Å². The molecule has 0 bridgehead atoms. The summed E-state index contributed by atoms with van der Waals surface area (Å²) < 4.78 is 0. The molecule has 0 fully saturated rings. The second kappa shape index (κ2) is 4.19. The highest BCUT2D eigenvalue weighted by Gasteiger charge is 2.20. The normalized spacial score (nSPS) is 23.3. The quantitative estimate of drug-likeness (QED) is 0.674. The number of hydrogen-bond donors (Lipinski definition) is 0. The van der Waals surface area contributed by atoms with Gasteiger partial charge >= 0.3 is 0 Å². The van der Waals surface area contributed by atoms with Gasteiger partial charge in [-0.25, -0.2) is 0 Å². The molecule has 1 aliphatic heterocycles. The van der Waals surface area contributed by atoms with Gasteiger partial charge in [0.05, 0.1) is 0 Å². The summed E-state index contributed by atoms with van der Waals surface area (Å²) in [6, 6.07) is 11.4. The third-order valence-electron chi connectivity index (χ3n) is 3.38. The summed E-state index contributed by atoms with van der Waals surface area (Å²) in [5.74, 6) is 0. The number of nitrogens with zero attached hydrogens (tertiary/aromatic N) is 1. The largest absolute Gasteiger partial charge is 0.299 e. The van der Waals surface area contributed by atoms with Crippen LogP contribution < -0.4 is 0 Å². The average molecular weight is 201 g/mol. The highest BCUT2D eigenvalue weighted by Crippen LogP contribution is 2.29. The average Bonchev–Trinajstić information content (AvgIpc) is 2.25. The van der Waals surface area contributed by atoms with Crippen molar-refractivity contribution in [1.29, 1.82) is 0 Å². The van der Waals surface area contributed by atoms with Gasteiger partial charge in [0.15, 0.2) is 0 Å². The van der Waals surface area contributed by atoms with E-state index in [1.807, 2.05) is 0 Å². The van der Waals surface area contributed by atoms with Crippen LogP contribution in [0.4, 0.5) is 0 Å². The zero-order valence-corrected chi connectivity index (χ0v) is 9.83. The number of benzene rings is 1. The molecule has 0 N–H and O–H groups in total. The Balaban J connectivity index is 2.33. The molecule has 0 saturated heterocycles. The van der Waals surface area contributed by atoms with Gasteiger partial charge in [0.2, 0.25) is 0 Å². The van der Waals surface area contributed by atoms with Crippen LogP contribution in [-0.2, 0) is 0 Å². The SMILES string of the molecule is CC1=C(c2ccccc2)C[C@H](C)N(C)C1. The maximum atomic E-state index is 2.42. The first kappa shape index (κ1) is 10.4. The summed E-state index contributed by atoms with van der Waals surface area (Å²) in [7, 11) is 2.20. The summed E-state index contributed by atoms with van der Waals surface area (Å²) in [5.41, 5.74) is 4.46. The molecule has 1 heteroatoms. The van der Waals surface area contributed by atoms with E-state index in [-0.39, 0.29) is 0 Å². The number of hydrogen-bond acceptors (Lipinski definition) is 1. The maximum Gasteiger partial charge on any atom is 0.0196 e. The Hall–Kier alpha value is -1.08. The predicted molar refractivity (Wildman–Crippen MR) is 65.7 cm³/mol. The van der Waals surface area contributed by atoms with E-state index < -0.39 is 0 Å². The Labute approximate surface area is 92.4 Å². The van der Waals surface area contributed by atoms with E-state index in [1.165, 1.54) is 17.6 Å². The van der Waals surface area contributed by atoms with Gasteiger partial charge in [0.1, 0.15) is 0 Å². The van der Waals surface area contributed by atoms with Gasteiger partial charge in [-0.05, 0) is 38.5 Å². The molecule has 80 valence electrons. The Morgan fingerprint density at radius 2 is 1.87 bits per heavy atom. The Morgan fingerprint density at radius 1 is 1.20 bits per heavy atom. The molecular weight excluding hydrogens is 182 g/mol. The van der Waals surface area contributed by atoms with Gasteiger partial charge < -0.3 is 0 Å². The van der Waals surface area contributed by atoms with Crippen molar-refractivity contribution in [2.75, 3.05) is 13.6 Å². The summed E-state index contributed by atoms with van der Waals surface area (Å²) in [6.07, 6.45) is 1.17. The van der Waals surface area contributed by atoms with Crippen LogP contribution in [0.5, 0.6) is 0 Å². The van der Waals surface area contributed by atoms with E-state index in [9.17, 15) is 0 Å². The minimum Gasteiger partial charge on any atom is -0.299 e. The van der Waals surface area contributed by atoms with Crippen molar-refractivity contribution in [2.24, 2.45) is 0 Å². The van der Waals surface area contributed by atoms with Gasteiger partial charge in [-0.15, -0.1) is 0 Å². The van der Waals surface area contributed by atoms with Crippen LogP contribution in [0.15, 0.2) is 35.9 Å². The summed E-state index contributed by atoms with van der Waals surface area (Å²) in [5, 5.41) is 0. The van der Waals surface area contributed by atoms with Gasteiger partial charge in [0.25, 0.3) is 0 Å². The third-order valence-corrected chi connectivity index (χ3v) is 3.38. The molecule has 0 amide bonds. The van der Waals surface area contributed by atoms with Crippen LogP contribution in [0.1, 0.15) is 25.8 Å². The van der Waals surface area contributed by atoms with Crippen LogP contribution in [0, 0.1) is 0 Å². The van der Waals surface area contributed by atoms with E-state index >= 15 is 0 Å². The highest BCUT2D eigenvalue weighted by atomic mass is 15.1. The van der Waals surface area contributed by atoms with Gasteiger partial charge in [-0.2, -0.15) is 0 Å². The third kappa shape index (κ3) is 2.13. The lowest BCUT2D eigenvalue weighted by Gasteiger charge is -2.32. The van der Waals surface area contributed by atoms with Crippen molar-refractivity contribution in [3.8, 4) is 0 Å². The number of likely N-dealkylation sites (N-methyl/N-ethyl adjacent to an activating group) is 1. The second-order valence-corrected chi connectivity index (χ2v) is 4.59. The van der Waals surface area contributed by atoms with E-state index in [4.69, 9.17) is 0 Å². The molecule has 0 aliphatic carbocycles. The lowest BCUT2D eigenvalue weighted by atomic mass is 9.91.